The third-order valence-corrected chi connectivity index (χ3v) is 21.1. The van der Waals surface area contributed by atoms with Crippen molar-refractivity contribution in [2.45, 2.75) is 119 Å². The molecule has 2 saturated heterocycles. The summed E-state index contributed by atoms with van der Waals surface area (Å²) >= 11 is 0. The number of hydrogen-bond donors (Lipinski definition) is 1. The Hall–Kier alpha value is -4.92. The van der Waals surface area contributed by atoms with Gasteiger partial charge in [0.1, 0.15) is 11.5 Å². The standard InChI is InChI=1S/C57H80N6O6Si/c1-44(38-47-39-51(68-7)25-22-46(47)41-61-43-54(62(34-36-64)53(61)66)26-30-56(31-27-54,58(2)3)48-16-12-10-13-17-48)70(8,9)69-37-35-63-52(65)60(40-45-20-23-50(67-6)24-21-45)42-55(63)28-32-57(33-29-55,59(4)5)49-18-14-11-15-19-49/h10-25,39,44,64H,26-38,40-43H2,1-9H3/t44?,54-,55-,56+,57+. The molecule has 4 fully saturated rings. The fraction of sp³-hybridized carbons (Fsp3) is 0.544. The first kappa shape index (κ1) is 51.4. The molecule has 4 aromatic carbocycles. The minimum absolute atomic E-state index is 0.00111. The smallest absolute Gasteiger partial charge is 0.320 e. The molecule has 4 aliphatic rings. The highest BCUT2D eigenvalue weighted by Crippen LogP contribution is 2.51. The molecule has 2 aliphatic carbocycles. The summed E-state index contributed by atoms with van der Waals surface area (Å²) in [6, 6.07) is 36.1. The summed E-state index contributed by atoms with van der Waals surface area (Å²) in [5, 5.41) is 10.3. The fourth-order valence-electron chi connectivity index (χ4n) is 12.7. The molecule has 2 heterocycles. The zero-order chi connectivity index (χ0) is 49.9. The molecule has 1 unspecified atom stereocenters. The van der Waals surface area contributed by atoms with Crippen LogP contribution in [0.1, 0.15) is 86.1 Å². The molecule has 1 atom stereocenters. The topological polar surface area (TPSA) is 102 Å². The quantitative estimate of drug-likeness (QED) is 0.0929. The number of carbonyl (C=O) groups is 2. The van der Waals surface area contributed by atoms with Crippen LogP contribution >= 0.6 is 0 Å². The van der Waals surface area contributed by atoms with Crippen molar-refractivity contribution in [3.8, 4) is 11.5 Å². The molecule has 12 nitrogen and oxygen atoms in total. The SMILES string of the molecule is COc1ccc(CN2C[C@]3(CC[C@](c4ccccc4)(N(C)C)CC3)N(CCO[Si](C)(C)C(C)Cc3cc(OC)ccc3CN3C[C@]4(CC[C@](c5ccccc5)(N(C)C)CC4)N(CCO)C3=O)C2=O)cc1. The van der Waals surface area contributed by atoms with E-state index in [0.29, 0.717) is 45.9 Å². The van der Waals surface area contributed by atoms with Crippen LogP contribution in [-0.4, -0.2) is 148 Å². The van der Waals surface area contributed by atoms with Crippen molar-refractivity contribution in [2.24, 2.45) is 0 Å². The number of amides is 4. The minimum Gasteiger partial charge on any atom is -0.497 e. The summed E-state index contributed by atoms with van der Waals surface area (Å²) < 4.78 is 18.3. The number of carbonyl (C=O) groups excluding carboxylic acids is 2. The number of nitrogens with zero attached hydrogens (tertiary/aromatic N) is 6. The van der Waals surface area contributed by atoms with Gasteiger partial charge in [-0.3, -0.25) is 9.80 Å². The van der Waals surface area contributed by atoms with E-state index in [1.54, 1.807) is 14.2 Å². The van der Waals surface area contributed by atoms with E-state index in [9.17, 15) is 14.7 Å². The molecule has 0 aromatic heterocycles. The van der Waals surface area contributed by atoms with Crippen LogP contribution in [0.4, 0.5) is 9.59 Å². The summed E-state index contributed by atoms with van der Waals surface area (Å²) in [6.07, 6.45) is 8.09. The van der Waals surface area contributed by atoms with Crippen molar-refractivity contribution >= 4 is 20.4 Å². The lowest BCUT2D eigenvalue weighted by molar-refractivity contribution is 0.0201. The first-order valence-electron chi connectivity index (χ1n) is 25.7. The number of aliphatic hydroxyl groups excluding tert-OH is 1. The average molecular weight is 973 g/mol. The van der Waals surface area contributed by atoms with Gasteiger partial charge in [0.15, 0.2) is 8.32 Å². The summed E-state index contributed by atoms with van der Waals surface area (Å²) in [4.78, 5) is 42.1. The van der Waals surface area contributed by atoms with E-state index in [4.69, 9.17) is 13.9 Å². The highest BCUT2D eigenvalue weighted by atomic mass is 28.4. The van der Waals surface area contributed by atoms with E-state index >= 15 is 0 Å². The van der Waals surface area contributed by atoms with E-state index in [0.717, 1.165) is 86.0 Å². The molecule has 2 aliphatic heterocycles. The van der Waals surface area contributed by atoms with Gasteiger partial charge in [0, 0.05) is 50.3 Å². The zero-order valence-corrected chi connectivity index (χ0v) is 44.6. The van der Waals surface area contributed by atoms with E-state index in [1.165, 1.54) is 11.1 Å². The van der Waals surface area contributed by atoms with Crippen molar-refractivity contribution in [3.63, 3.8) is 0 Å². The van der Waals surface area contributed by atoms with Crippen LogP contribution in [0.2, 0.25) is 18.6 Å². The second-order valence-corrected chi connectivity index (χ2v) is 26.4. The maximum Gasteiger partial charge on any atom is 0.320 e. The summed E-state index contributed by atoms with van der Waals surface area (Å²) in [7, 11) is 9.76. The largest absolute Gasteiger partial charge is 0.497 e. The van der Waals surface area contributed by atoms with Gasteiger partial charge in [0.2, 0.25) is 0 Å². The Kier molecular flexibility index (Phi) is 15.5. The molecule has 13 heteroatoms. The van der Waals surface area contributed by atoms with Gasteiger partial charge >= 0.3 is 12.1 Å². The number of benzene rings is 4. The van der Waals surface area contributed by atoms with Crippen LogP contribution in [0.15, 0.2) is 103 Å². The highest BCUT2D eigenvalue weighted by molar-refractivity contribution is 6.72. The summed E-state index contributed by atoms with van der Waals surface area (Å²) in [5.74, 6) is 1.60. The molecule has 2 spiro atoms. The van der Waals surface area contributed by atoms with E-state index in [1.807, 2.05) is 28.0 Å². The van der Waals surface area contributed by atoms with Crippen molar-refractivity contribution in [1.82, 2.24) is 29.4 Å². The molecule has 378 valence electrons. The van der Waals surface area contributed by atoms with Crippen molar-refractivity contribution in [3.05, 3.63) is 131 Å². The van der Waals surface area contributed by atoms with Gasteiger partial charge in [-0.25, -0.2) is 9.59 Å². The van der Waals surface area contributed by atoms with Gasteiger partial charge < -0.3 is 38.6 Å². The van der Waals surface area contributed by atoms with Gasteiger partial charge in [-0.15, -0.1) is 0 Å². The highest BCUT2D eigenvalue weighted by Gasteiger charge is 2.56. The van der Waals surface area contributed by atoms with Crippen molar-refractivity contribution in [1.29, 1.82) is 0 Å². The minimum atomic E-state index is -2.36. The number of hydrogen-bond acceptors (Lipinski definition) is 8. The lowest BCUT2D eigenvalue weighted by Gasteiger charge is -2.51. The normalized spacial score (nSPS) is 25.5. The molecule has 0 radical (unpaired) electrons. The van der Waals surface area contributed by atoms with E-state index in [2.05, 4.69) is 153 Å². The van der Waals surface area contributed by atoms with Gasteiger partial charge in [0.05, 0.1) is 38.5 Å². The number of methoxy groups -OCH3 is 2. The van der Waals surface area contributed by atoms with Gasteiger partial charge in [-0.05, 0) is 157 Å². The Morgan fingerprint density at radius 2 is 1.09 bits per heavy atom. The predicted molar refractivity (Wildman–Crippen MR) is 281 cm³/mol. The van der Waals surface area contributed by atoms with Crippen LogP contribution in [0.25, 0.3) is 0 Å². The van der Waals surface area contributed by atoms with Crippen molar-refractivity contribution < 1.29 is 28.6 Å². The van der Waals surface area contributed by atoms with E-state index in [-0.39, 0.29) is 46.4 Å². The molecular formula is C57H80N6O6Si. The number of aliphatic hydroxyl groups is 1. The molecule has 4 aromatic rings. The third-order valence-electron chi connectivity index (χ3n) is 17.6. The molecule has 4 amide bonds. The molecule has 2 saturated carbocycles. The summed E-state index contributed by atoms with van der Waals surface area (Å²) in [6.45, 7) is 10.5. The Morgan fingerprint density at radius 3 is 1.56 bits per heavy atom. The zero-order valence-electron chi connectivity index (χ0n) is 43.6. The van der Waals surface area contributed by atoms with Crippen LogP contribution in [0.5, 0.6) is 11.5 Å². The molecule has 8 rings (SSSR count). The summed E-state index contributed by atoms with van der Waals surface area (Å²) in [5.41, 5.74) is 5.40. The fourth-order valence-corrected chi connectivity index (χ4v) is 14.3. The Bertz CT molecular complexity index is 2380. The van der Waals surface area contributed by atoms with Crippen LogP contribution < -0.4 is 9.47 Å². The lowest BCUT2D eigenvalue weighted by atomic mass is 9.68. The third kappa shape index (κ3) is 9.98. The van der Waals surface area contributed by atoms with Gasteiger partial charge in [-0.1, -0.05) is 85.8 Å². The number of β-amino-alcohol motifs (C(OH)–C–C–N with tert-alkyl or cyclic N) is 1. The monoisotopic (exact) mass is 973 g/mol. The Balaban J connectivity index is 0.961. The second-order valence-electron chi connectivity index (χ2n) is 21.9. The first-order valence-corrected chi connectivity index (χ1v) is 28.7. The van der Waals surface area contributed by atoms with Gasteiger partial charge in [0.25, 0.3) is 0 Å². The molecule has 0 bridgehead atoms. The van der Waals surface area contributed by atoms with Crippen LogP contribution in [0, 0.1) is 0 Å². The van der Waals surface area contributed by atoms with Crippen LogP contribution in [-0.2, 0) is 35.0 Å². The number of ether oxygens (including phenoxy) is 2. The molecular weight excluding hydrogens is 893 g/mol. The lowest BCUT2D eigenvalue weighted by Crippen LogP contribution is -2.56. The Labute approximate surface area is 419 Å². The maximum absolute atomic E-state index is 14.7. The first-order chi connectivity index (χ1) is 33.5. The number of urea groups is 2. The average Bonchev–Trinajstić information content (AvgIpc) is 3.76. The number of rotatable bonds is 19. The van der Waals surface area contributed by atoms with Crippen LogP contribution in [0.3, 0.4) is 0 Å². The maximum atomic E-state index is 14.7. The van der Waals surface area contributed by atoms with Gasteiger partial charge in [-0.2, -0.15) is 0 Å². The second kappa shape index (κ2) is 21.0. The molecule has 70 heavy (non-hydrogen) atoms. The van der Waals surface area contributed by atoms with E-state index < -0.39 is 8.32 Å². The molecule has 1 N–H and O–H groups in total. The van der Waals surface area contributed by atoms with Crippen molar-refractivity contribution in [2.75, 3.05) is 81.8 Å². The Morgan fingerprint density at radius 1 is 0.614 bits per heavy atom. The predicted octanol–water partition coefficient (Wildman–Crippen LogP) is 9.57.